The molecule has 1 saturated heterocycles. The normalized spacial score (nSPS) is 28.8. The molecule has 0 bridgehead atoms. The highest BCUT2D eigenvalue weighted by Gasteiger charge is 2.32. The molecule has 0 aromatic carbocycles. The lowest BCUT2D eigenvalue weighted by Crippen LogP contribution is -2.48. The Morgan fingerprint density at radius 1 is 1.20 bits per heavy atom. The van der Waals surface area contributed by atoms with Crippen LogP contribution in [0.4, 0.5) is 0 Å². The van der Waals surface area contributed by atoms with Gasteiger partial charge in [0.2, 0.25) is 5.91 Å². The summed E-state index contributed by atoms with van der Waals surface area (Å²) in [5.74, 6) is 0.340. The first-order valence-corrected chi connectivity index (χ1v) is 7.55. The summed E-state index contributed by atoms with van der Waals surface area (Å²) >= 11 is 0. The van der Waals surface area contributed by atoms with Gasteiger partial charge in [-0.15, -0.1) is 0 Å². The maximum atomic E-state index is 12.2. The van der Waals surface area contributed by atoms with E-state index in [0.717, 1.165) is 12.8 Å². The molecular weight excluding hydrogens is 254 g/mol. The molecule has 1 aliphatic rings. The van der Waals surface area contributed by atoms with Gasteiger partial charge in [-0.2, -0.15) is 0 Å². The van der Waals surface area contributed by atoms with E-state index in [-0.39, 0.29) is 29.3 Å². The Hall–Kier alpha value is -0.900. The van der Waals surface area contributed by atoms with Crippen molar-refractivity contribution in [2.24, 2.45) is 11.3 Å². The minimum atomic E-state index is -0.412. The van der Waals surface area contributed by atoms with Crippen molar-refractivity contribution >= 4 is 11.7 Å². The van der Waals surface area contributed by atoms with E-state index < -0.39 is 6.04 Å². The summed E-state index contributed by atoms with van der Waals surface area (Å²) in [5.41, 5.74) is -0.252. The van der Waals surface area contributed by atoms with E-state index in [1.807, 2.05) is 34.6 Å². The van der Waals surface area contributed by atoms with E-state index in [2.05, 4.69) is 5.32 Å². The van der Waals surface area contributed by atoms with Crippen LogP contribution < -0.4 is 5.32 Å². The molecule has 4 heteroatoms. The summed E-state index contributed by atoms with van der Waals surface area (Å²) in [6, 6.07) is -0.412. The van der Waals surface area contributed by atoms with Crippen molar-refractivity contribution in [2.45, 2.75) is 79.1 Å². The van der Waals surface area contributed by atoms with Gasteiger partial charge in [-0.3, -0.25) is 9.59 Å². The first kappa shape index (κ1) is 17.2. The van der Waals surface area contributed by atoms with Gasteiger partial charge in [-0.05, 0) is 44.9 Å². The third-order valence-corrected chi connectivity index (χ3v) is 3.85. The molecule has 1 amide bonds. The van der Waals surface area contributed by atoms with Gasteiger partial charge in [0.15, 0.2) is 5.78 Å². The summed E-state index contributed by atoms with van der Waals surface area (Å²) < 4.78 is 5.69. The molecule has 3 atom stereocenters. The van der Waals surface area contributed by atoms with Crippen molar-refractivity contribution in [3.63, 3.8) is 0 Å². The number of ether oxygens (including phenoxy) is 1. The van der Waals surface area contributed by atoms with Crippen LogP contribution in [0.2, 0.25) is 0 Å². The first-order chi connectivity index (χ1) is 9.09. The number of Topliss-reactive ketones (excluding diaryl/α,β-unsaturated/α-hetero) is 1. The molecular formula is C16H29NO3. The summed E-state index contributed by atoms with van der Waals surface area (Å²) in [6.07, 6.45) is 2.74. The maximum Gasteiger partial charge on any atom is 0.220 e. The first-order valence-electron chi connectivity index (χ1n) is 7.55. The van der Waals surface area contributed by atoms with E-state index in [1.165, 1.54) is 6.92 Å². The number of ketones is 1. The quantitative estimate of drug-likeness (QED) is 0.863. The third kappa shape index (κ3) is 5.23. The maximum absolute atomic E-state index is 12.2. The van der Waals surface area contributed by atoms with Crippen LogP contribution in [0.25, 0.3) is 0 Å². The second kappa shape index (κ2) is 6.70. The molecule has 1 fully saturated rings. The Morgan fingerprint density at radius 3 is 2.10 bits per heavy atom. The zero-order valence-electron chi connectivity index (χ0n) is 13.7. The minimum Gasteiger partial charge on any atom is -0.376 e. The average Bonchev–Trinajstić information content (AvgIpc) is 2.22. The summed E-state index contributed by atoms with van der Waals surface area (Å²) in [4.78, 5) is 23.9. The Bertz CT molecular complexity index is 349. The lowest BCUT2D eigenvalue weighted by molar-refractivity contribution is -0.131. The summed E-state index contributed by atoms with van der Waals surface area (Å²) in [6.45, 7) is 11.5. The number of hydrogen-bond donors (Lipinski definition) is 1. The number of nitrogens with one attached hydrogen (secondary N) is 1. The highest BCUT2D eigenvalue weighted by atomic mass is 16.5. The predicted octanol–water partition coefficient (Wildman–Crippen LogP) is 2.70. The molecule has 1 heterocycles. The monoisotopic (exact) mass is 283 g/mol. The topological polar surface area (TPSA) is 55.4 Å². The van der Waals surface area contributed by atoms with Crippen LogP contribution in [0, 0.1) is 11.3 Å². The largest absolute Gasteiger partial charge is 0.376 e. The second-order valence-corrected chi connectivity index (χ2v) is 7.28. The fourth-order valence-corrected chi connectivity index (χ4v) is 3.12. The molecule has 1 aliphatic heterocycles. The lowest BCUT2D eigenvalue weighted by Gasteiger charge is -2.33. The molecule has 4 nitrogen and oxygen atoms in total. The van der Waals surface area contributed by atoms with Gasteiger partial charge < -0.3 is 10.1 Å². The van der Waals surface area contributed by atoms with Crippen LogP contribution in [-0.2, 0) is 14.3 Å². The molecule has 1 rings (SSSR count). The van der Waals surface area contributed by atoms with Crippen molar-refractivity contribution in [3.8, 4) is 0 Å². The minimum absolute atomic E-state index is 0.0135. The molecule has 3 unspecified atom stereocenters. The van der Waals surface area contributed by atoms with E-state index in [9.17, 15) is 9.59 Å². The van der Waals surface area contributed by atoms with Gasteiger partial charge in [0.1, 0.15) is 0 Å². The molecule has 0 aromatic rings. The highest BCUT2D eigenvalue weighted by Crippen LogP contribution is 2.27. The molecule has 0 spiro atoms. The standard InChI is InChI=1S/C16H29NO3/c1-10-7-13(8-11(2)20-10)9-14(19)17-15(12(3)18)16(4,5)6/h10-11,13,15H,7-9H2,1-6H3,(H,17,19). The van der Waals surface area contributed by atoms with Crippen LogP contribution >= 0.6 is 0 Å². The van der Waals surface area contributed by atoms with Gasteiger partial charge in [0.25, 0.3) is 0 Å². The van der Waals surface area contributed by atoms with E-state index in [4.69, 9.17) is 4.74 Å². The van der Waals surface area contributed by atoms with Crippen LogP contribution in [0.5, 0.6) is 0 Å². The van der Waals surface area contributed by atoms with Crippen LogP contribution in [0.15, 0.2) is 0 Å². The van der Waals surface area contributed by atoms with Gasteiger partial charge in [0, 0.05) is 6.42 Å². The van der Waals surface area contributed by atoms with E-state index in [1.54, 1.807) is 0 Å². The number of rotatable bonds is 4. The molecule has 0 radical (unpaired) electrons. The Labute approximate surface area is 122 Å². The number of amides is 1. The number of hydrogen-bond acceptors (Lipinski definition) is 3. The smallest absolute Gasteiger partial charge is 0.220 e. The molecule has 0 saturated carbocycles. The predicted molar refractivity (Wildman–Crippen MR) is 79.4 cm³/mol. The number of carbonyl (C=O) groups is 2. The van der Waals surface area contributed by atoms with Gasteiger partial charge in [-0.1, -0.05) is 20.8 Å². The van der Waals surface area contributed by atoms with Crippen LogP contribution in [-0.4, -0.2) is 29.9 Å². The average molecular weight is 283 g/mol. The second-order valence-electron chi connectivity index (χ2n) is 7.28. The lowest BCUT2D eigenvalue weighted by atomic mass is 9.84. The van der Waals surface area contributed by atoms with Crippen LogP contribution in [0.3, 0.4) is 0 Å². The SMILES string of the molecule is CC(=O)C(NC(=O)CC1CC(C)OC(C)C1)C(C)(C)C. The molecule has 1 N–H and O–H groups in total. The van der Waals surface area contributed by atoms with E-state index in [0.29, 0.717) is 12.3 Å². The number of carbonyl (C=O) groups excluding carboxylic acids is 2. The van der Waals surface area contributed by atoms with Gasteiger partial charge in [-0.25, -0.2) is 0 Å². The zero-order chi connectivity index (χ0) is 15.5. The molecule has 116 valence electrons. The van der Waals surface area contributed by atoms with Gasteiger partial charge >= 0.3 is 0 Å². The Kier molecular flexibility index (Phi) is 5.75. The third-order valence-electron chi connectivity index (χ3n) is 3.85. The molecule has 20 heavy (non-hydrogen) atoms. The molecule has 0 aliphatic carbocycles. The van der Waals surface area contributed by atoms with Crippen molar-refractivity contribution in [1.82, 2.24) is 5.32 Å². The van der Waals surface area contributed by atoms with Crippen molar-refractivity contribution in [2.75, 3.05) is 0 Å². The molecule has 0 aromatic heterocycles. The zero-order valence-corrected chi connectivity index (χ0v) is 13.7. The highest BCUT2D eigenvalue weighted by molar-refractivity contribution is 5.88. The Morgan fingerprint density at radius 2 is 1.70 bits per heavy atom. The van der Waals surface area contributed by atoms with Gasteiger partial charge in [0.05, 0.1) is 18.2 Å². The fraction of sp³-hybridized carbons (Fsp3) is 0.875. The Balaban J connectivity index is 2.56. The van der Waals surface area contributed by atoms with Crippen molar-refractivity contribution < 1.29 is 14.3 Å². The van der Waals surface area contributed by atoms with Crippen LogP contribution in [0.1, 0.15) is 60.8 Å². The fourth-order valence-electron chi connectivity index (χ4n) is 3.12. The van der Waals surface area contributed by atoms with Crippen molar-refractivity contribution in [3.05, 3.63) is 0 Å². The van der Waals surface area contributed by atoms with Crippen molar-refractivity contribution in [1.29, 1.82) is 0 Å². The van der Waals surface area contributed by atoms with E-state index >= 15 is 0 Å². The summed E-state index contributed by atoms with van der Waals surface area (Å²) in [7, 11) is 0. The summed E-state index contributed by atoms with van der Waals surface area (Å²) in [5, 5.41) is 2.90.